The maximum absolute atomic E-state index is 13.2. The lowest BCUT2D eigenvalue weighted by atomic mass is 10.0. The number of amides is 1. The topological polar surface area (TPSA) is 80.5 Å². The minimum absolute atomic E-state index is 0.223. The van der Waals surface area contributed by atoms with Crippen LogP contribution in [0.25, 0.3) is 11.3 Å². The van der Waals surface area contributed by atoms with E-state index in [0.717, 1.165) is 0 Å². The number of hydrogen-bond acceptors (Lipinski definition) is 5. The Balaban J connectivity index is 1.54. The Labute approximate surface area is 180 Å². The van der Waals surface area contributed by atoms with E-state index < -0.39 is 15.1 Å². The zero-order valence-electron chi connectivity index (χ0n) is 16.4. The fourth-order valence-corrected chi connectivity index (χ4v) is 5.77. The Bertz CT molecular complexity index is 1170. The summed E-state index contributed by atoms with van der Waals surface area (Å²) in [6.45, 7) is 2.39. The minimum atomic E-state index is -3.42. The molecule has 0 saturated carbocycles. The fourth-order valence-electron chi connectivity index (χ4n) is 3.79. The third-order valence-electron chi connectivity index (χ3n) is 5.45. The van der Waals surface area contributed by atoms with Crippen LogP contribution in [-0.2, 0) is 9.84 Å². The van der Waals surface area contributed by atoms with Gasteiger partial charge >= 0.3 is 0 Å². The van der Waals surface area contributed by atoms with Crippen LogP contribution in [0.1, 0.15) is 29.0 Å². The Hall–Kier alpha value is -2.64. The van der Waals surface area contributed by atoms with E-state index >= 15 is 0 Å². The van der Waals surface area contributed by atoms with Crippen molar-refractivity contribution in [2.24, 2.45) is 0 Å². The van der Waals surface area contributed by atoms with Crippen LogP contribution < -0.4 is 0 Å². The highest BCUT2D eigenvalue weighted by Crippen LogP contribution is 2.33. The summed E-state index contributed by atoms with van der Waals surface area (Å²) in [7, 11) is -3.42. The molecule has 0 bridgehead atoms. The van der Waals surface area contributed by atoms with Crippen molar-refractivity contribution in [1.82, 2.24) is 10.1 Å². The Kier molecular flexibility index (Phi) is 5.66. The van der Waals surface area contributed by atoms with E-state index in [4.69, 9.17) is 16.1 Å². The number of carbonyl (C=O) groups is 1. The molecule has 1 aliphatic heterocycles. The third kappa shape index (κ3) is 3.75. The van der Waals surface area contributed by atoms with Crippen LogP contribution >= 0.6 is 11.6 Å². The minimum Gasteiger partial charge on any atom is -0.360 e. The molecule has 0 unspecified atom stereocenters. The first-order chi connectivity index (χ1) is 14.4. The van der Waals surface area contributed by atoms with Crippen LogP contribution in [-0.4, -0.2) is 42.7 Å². The van der Waals surface area contributed by atoms with Crippen molar-refractivity contribution < 1.29 is 17.7 Å². The summed E-state index contributed by atoms with van der Waals surface area (Å²) in [6.07, 6.45) is 0.767. The first-order valence-corrected chi connectivity index (χ1v) is 11.6. The molecule has 1 aliphatic rings. The monoisotopic (exact) mass is 444 g/mol. The van der Waals surface area contributed by atoms with Crippen LogP contribution in [0.3, 0.4) is 0 Å². The van der Waals surface area contributed by atoms with Gasteiger partial charge < -0.3 is 9.42 Å². The van der Waals surface area contributed by atoms with Crippen molar-refractivity contribution in [2.45, 2.75) is 29.9 Å². The number of carbonyl (C=O) groups excluding carboxylic acids is 1. The smallest absolute Gasteiger partial charge is 0.259 e. The van der Waals surface area contributed by atoms with Crippen molar-refractivity contribution in [1.29, 1.82) is 0 Å². The number of piperidine rings is 1. The third-order valence-corrected chi connectivity index (χ3v) is 8.05. The predicted molar refractivity (Wildman–Crippen MR) is 114 cm³/mol. The number of likely N-dealkylation sites (tertiary alicyclic amines) is 1. The molecule has 1 aromatic heterocycles. The molecule has 8 heteroatoms. The average Bonchev–Trinajstić information content (AvgIpc) is 3.15. The maximum Gasteiger partial charge on any atom is 0.259 e. The molecule has 0 aliphatic carbocycles. The quantitative estimate of drug-likeness (QED) is 0.596. The molecular formula is C22H21ClN2O4S. The highest BCUT2D eigenvalue weighted by atomic mass is 35.5. The number of sulfone groups is 1. The zero-order valence-corrected chi connectivity index (χ0v) is 18.0. The van der Waals surface area contributed by atoms with Crippen LogP contribution in [0, 0.1) is 6.92 Å². The Morgan fingerprint density at radius 3 is 2.37 bits per heavy atom. The lowest BCUT2D eigenvalue weighted by Gasteiger charge is -2.31. The molecule has 6 nitrogen and oxygen atoms in total. The molecular weight excluding hydrogens is 424 g/mol. The van der Waals surface area contributed by atoms with Crippen LogP contribution in [0.15, 0.2) is 64.0 Å². The second kappa shape index (κ2) is 8.24. The highest BCUT2D eigenvalue weighted by Gasteiger charge is 2.35. The summed E-state index contributed by atoms with van der Waals surface area (Å²) in [4.78, 5) is 15.2. The van der Waals surface area contributed by atoms with Gasteiger partial charge in [-0.2, -0.15) is 0 Å². The number of aryl methyl sites for hydroxylation is 1. The van der Waals surface area contributed by atoms with Crippen LogP contribution in [0.5, 0.6) is 0 Å². The van der Waals surface area contributed by atoms with E-state index in [1.165, 1.54) is 0 Å². The number of benzene rings is 2. The molecule has 1 fully saturated rings. The van der Waals surface area contributed by atoms with Crippen molar-refractivity contribution >= 4 is 27.3 Å². The van der Waals surface area contributed by atoms with Crippen molar-refractivity contribution in [3.05, 3.63) is 70.9 Å². The van der Waals surface area contributed by atoms with E-state index in [0.29, 0.717) is 58.4 Å². The first kappa shape index (κ1) is 20.6. The fraction of sp³-hybridized carbons (Fsp3) is 0.273. The van der Waals surface area contributed by atoms with Crippen LogP contribution in [0.2, 0.25) is 5.02 Å². The van der Waals surface area contributed by atoms with Gasteiger partial charge in [0.25, 0.3) is 5.91 Å². The summed E-state index contributed by atoms with van der Waals surface area (Å²) in [5.41, 5.74) is 1.40. The number of aromatic nitrogens is 1. The van der Waals surface area contributed by atoms with E-state index in [2.05, 4.69) is 5.16 Å². The second-order valence-corrected chi connectivity index (χ2v) is 9.93. The lowest BCUT2D eigenvalue weighted by molar-refractivity contribution is 0.0724. The normalized spacial score (nSPS) is 15.3. The van der Waals surface area contributed by atoms with Gasteiger partial charge in [-0.25, -0.2) is 8.42 Å². The van der Waals surface area contributed by atoms with E-state index in [-0.39, 0.29) is 5.91 Å². The zero-order chi connectivity index (χ0) is 21.3. The highest BCUT2D eigenvalue weighted by molar-refractivity contribution is 7.92. The largest absolute Gasteiger partial charge is 0.360 e. The molecule has 30 heavy (non-hydrogen) atoms. The molecule has 0 N–H and O–H groups in total. The molecule has 0 radical (unpaired) electrons. The number of halogens is 1. The molecule has 0 spiro atoms. The number of hydrogen-bond donors (Lipinski definition) is 0. The summed E-state index contributed by atoms with van der Waals surface area (Å²) < 4.78 is 31.1. The average molecular weight is 445 g/mol. The van der Waals surface area contributed by atoms with Gasteiger partial charge in [-0.1, -0.05) is 53.2 Å². The molecule has 2 aromatic carbocycles. The molecule has 1 amide bonds. The summed E-state index contributed by atoms with van der Waals surface area (Å²) in [6, 6.07) is 15.6. The Morgan fingerprint density at radius 2 is 1.70 bits per heavy atom. The maximum atomic E-state index is 13.2. The lowest BCUT2D eigenvalue weighted by Crippen LogP contribution is -2.42. The molecule has 156 valence electrons. The van der Waals surface area contributed by atoms with Gasteiger partial charge in [0.1, 0.15) is 17.0 Å². The van der Waals surface area contributed by atoms with Gasteiger partial charge in [0.2, 0.25) is 0 Å². The summed E-state index contributed by atoms with van der Waals surface area (Å²) in [5.74, 6) is 0.188. The summed E-state index contributed by atoms with van der Waals surface area (Å²) >= 11 is 6.28. The van der Waals surface area contributed by atoms with Gasteiger partial charge in [0, 0.05) is 18.7 Å². The second-order valence-electron chi connectivity index (χ2n) is 7.29. The molecule has 1 saturated heterocycles. The standard InChI is InChI=1S/C22H21ClN2O4S/c1-15-20(21(24-29-15)18-9-5-6-10-19(18)23)22(26)25-13-11-17(12-14-25)30(27,28)16-7-3-2-4-8-16/h2-10,17H,11-14H2,1H3. The van der Waals surface area contributed by atoms with E-state index in [1.54, 1.807) is 60.4 Å². The van der Waals surface area contributed by atoms with Gasteiger partial charge in [-0.05, 0) is 38.0 Å². The molecule has 0 atom stereocenters. The van der Waals surface area contributed by atoms with Crippen molar-refractivity contribution in [3.8, 4) is 11.3 Å². The van der Waals surface area contributed by atoms with Gasteiger partial charge in [0.15, 0.2) is 9.84 Å². The van der Waals surface area contributed by atoms with Gasteiger partial charge in [0.05, 0.1) is 15.2 Å². The van der Waals surface area contributed by atoms with E-state index in [9.17, 15) is 13.2 Å². The van der Waals surface area contributed by atoms with E-state index in [1.807, 2.05) is 6.07 Å². The summed E-state index contributed by atoms with van der Waals surface area (Å²) in [5, 5.41) is 4.03. The number of nitrogens with zero attached hydrogens (tertiary/aromatic N) is 2. The van der Waals surface area contributed by atoms with Crippen molar-refractivity contribution in [3.63, 3.8) is 0 Å². The Morgan fingerprint density at radius 1 is 1.07 bits per heavy atom. The molecule has 3 aromatic rings. The van der Waals surface area contributed by atoms with Crippen LogP contribution in [0.4, 0.5) is 0 Å². The molecule has 4 rings (SSSR count). The first-order valence-electron chi connectivity index (χ1n) is 9.69. The van der Waals surface area contributed by atoms with Crippen molar-refractivity contribution in [2.75, 3.05) is 13.1 Å². The SMILES string of the molecule is Cc1onc(-c2ccccc2Cl)c1C(=O)N1CCC(S(=O)(=O)c2ccccc2)CC1. The number of rotatable bonds is 4. The van der Waals surface area contributed by atoms with Gasteiger partial charge in [-0.3, -0.25) is 4.79 Å². The van der Waals surface area contributed by atoms with Gasteiger partial charge in [-0.15, -0.1) is 0 Å². The molecule has 2 heterocycles. The predicted octanol–water partition coefficient (Wildman–Crippen LogP) is 4.38.